The summed E-state index contributed by atoms with van der Waals surface area (Å²) in [7, 11) is 0. The normalized spacial score (nSPS) is 16.2. The number of nitrogens with zero attached hydrogens (tertiary/aromatic N) is 2. The smallest absolute Gasteiger partial charge is 0.226 e. The first-order valence-electron chi connectivity index (χ1n) is 9.03. The van der Waals surface area contributed by atoms with Crippen LogP contribution in [-0.2, 0) is 16.0 Å². The molecule has 2 amide bonds. The van der Waals surface area contributed by atoms with Crippen LogP contribution in [0.5, 0.6) is 0 Å². The summed E-state index contributed by atoms with van der Waals surface area (Å²) in [4.78, 5) is 24.3. The van der Waals surface area contributed by atoms with E-state index in [2.05, 4.69) is 33.0 Å². The zero-order valence-electron chi connectivity index (χ0n) is 15.1. The van der Waals surface area contributed by atoms with Gasteiger partial charge in [0.25, 0.3) is 0 Å². The molecule has 2 N–H and O–H groups in total. The molecule has 138 valence electrons. The van der Waals surface area contributed by atoms with E-state index in [0.717, 1.165) is 24.3 Å². The van der Waals surface area contributed by atoms with Gasteiger partial charge in [0.1, 0.15) is 5.01 Å². The number of hydrogen-bond donors (Lipinski definition) is 2. The highest BCUT2D eigenvalue weighted by Crippen LogP contribution is 2.29. The fourth-order valence-electron chi connectivity index (χ4n) is 3.10. The molecule has 2 aromatic rings. The summed E-state index contributed by atoms with van der Waals surface area (Å²) in [5.41, 5.74) is 2.51. The SMILES string of the molecule is CC(C)c1nnc(NC(=O)CCC(=O)N[C@@H]2CCCc3ccccc32)s1. The summed E-state index contributed by atoms with van der Waals surface area (Å²) in [5, 5.41) is 15.2. The van der Waals surface area contributed by atoms with Crippen molar-refractivity contribution in [2.75, 3.05) is 5.32 Å². The Morgan fingerprint density at radius 2 is 1.96 bits per heavy atom. The van der Waals surface area contributed by atoms with Crippen LogP contribution in [0.1, 0.15) is 67.6 Å². The molecule has 0 aliphatic heterocycles. The van der Waals surface area contributed by atoms with Gasteiger partial charge in [0.2, 0.25) is 16.9 Å². The molecule has 0 unspecified atom stereocenters. The first-order valence-corrected chi connectivity index (χ1v) is 9.85. The van der Waals surface area contributed by atoms with Gasteiger partial charge in [-0.05, 0) is 30.4 Å². The van der Waals surface area contributed by atoms with Crippen molar-refractivity contribution in [3.8, 4) is 0 Å². The van der Waals surface area contributed by atoms with Gasteiger partial charge in [-0.3, -0.25) is 9.59 Å². The Labute approximate surface area is 157 Å². The average Bonchev–Trinajstić information content (AvgIpc) is 3.09. The number of fused-ring (bicyclic) bond motifs is 1. The van der Waals surface area contributed by atoms with Crippen LogP contribution in [0.25, 0.3) is 0 Å². The van der Waals surface area contributed by atoms with E-state index in [-0.39, 0.29) is 36.6 Å². The summed E-state index contributed by atoms with van der Waals surface area (Å²) in [6, 6.07) is 8.28. The van der Waals surface area contributed by atoms with Crippen LogP contribution in [0.3, 0.4) is 0 Å². The summed E-state index contributed by atoms with van der Waals surface area (Å²) in [5.74, 6) is -0.0278. The third kappa shape index (κ3) is 4.66. The largest absolute Gasteiger partial charge is 0.349 e. The maximum atomic E-state index is 12.3. The topological polar surface area (TPSA) is 84.0 Å². The Morgan fingerprint density at radius 3 is 2.73 bits per heavy atom. The Kier molecular flexibility index (Phi) is 5.98. The first-order chi connectivity index (χ1) is 12.5. The van der Waals surface area contributed by atoms with Gasteiger partial charge >= 0.3 is 0 Å². The van der Waals surface area contributed by atoms with Crippen LogP contribution in [0.15, 0.2) is 24.3 Å². The average molecular weight is 372 g/mol. The molecule has 1 aromatic carbocycles. The molecule has 3 rings (SSSR count). The molecule has 1 aliphatic rings. The van der Waals surface area contributed by atoms with Crippen molar-refractivity contribution in [3.63, 3.8) is 0 Å². The first kappa shape index (κ1) is 18.5. The van der Waals surface area contributed by atoms with E-state index in [1.165, 1.54) is 22.5 Å². The van der Waals surface area contributed by atoms with E-state index >= 15 is 0 Å². The molecular formula is C19H24N4O2S. The zero-order valence-corrected chi connectivity index (χ0v) is 15.9. The fourth-order valence-corrected chi connectivity index (χ4v) is 3.86. The van der Waals surface area contributed by atoms with E-state index in [1.54, 1.807) is 0 Å². The molecular weight excluding hydrogens is 348 g/mol. The number of aromatic nitrogens is 2. The molecule has 0 saturated heterocycles. The standard InChI is InChI=1S/C19H24N4O2S/c1-12(2)18-22-23-19(26-18)21-17(25)11-10-16(24)20-15-9-5-7-13-6-3-4-8-14(13)15/h3-4,6,8,12,15H,5,7,9-11H2,1-2H3,(H,20,24)(H,21,23,25)/t15-/m1/s1. The Bertz CT molecular complexity index is 787. The van der Waals surface area contributed by atoms with Gasteiger partial charge in [0.15, 0.2) is 0 Å². The van der Waals surface area contributed by atoms with Crippen LogP contribution in [0.2, 0.25) is 0 Å². The maximum Gasteiger partial charge on any atom is 0.226 e. The van der Waals surface area contributed by atoms with E-state index in [9.17, 15) is 9.59 Å². The Morgan fingerprint density at radius 1 is 1.19 bits per heavy atom. The van der Waals surface area contributed by atoms with Gasteiger partial charge in [0, 0.05) is 18.8 Å². The highest BCUT2D eigenvalue weighted by Gasteiger charge is 2.21. The molecule has 0 spiro atoms. The van der Waals surface area contributed by atoms with Crippen molar-refractivity contribution in [1.29, 1.82) is 0 Å². The lowest BCUT2D eigenvalue weighted by Crippen LogP contribution is -2.31. The van der Waals surface area contributed by atoms with Crippen LogP contribution < -0.4 is 10.6 Å². The van der Waals surface area contributed by atoms with Crippen molar-refractivity contribution in [2.45, 2.75) is 57.9 Å². The second kappa shape index (κ2) is 8.40. The second-order valence-corrected chi connectivity index (χ2v) is 7.87. The number of rotatable bonds is 6. The molecule has 6 nitrogen and oxygen atoms in total. The van der Waals surface area contributed by atoms with Gasteiger partial charge in [0.05, 0.1) is 6.04 Å². The van der Waals surface area contributed by atoms with E-state index in [0.29, 0.717) is 5.13 Å². The second-order valence-electron chi connectivity index (χ2n) is 6.86. The van der Waals surface area contributed by atoms with Gasteiger partial charge in [-0.1, -0.05) is 49.4 Å². The minimum absolute atomic E-state index is 0.0484. The maximum absolute atomic E-state index is 12.3. The predicted molar refractivity (Wildman–Crippen MR) is 102 cm³/mol. The number of amides is 2. The number of carbonyl (C=O) groups excluding carboxylic acids is 2. The summed E-state index contributed by atoms with van der Waals surface area (Å²) < 4.78 is 0. The predicted octanol–water partition coefficient (Wildman–Crippen LogP) is 3.57. The molecule has 0 radical (unpaired) electrons. The monoisotopic (exact) mass is 372 g/mol. The van der Waals surface area contributed by atoms with Crippen molar-refractivity contribution in [2.24, 2.45) is 0 Å². The highest BCUT2D eigenvalue weighted by atomic mass is 32.1. The van der Waals surface area contributed by atoms with Crippen molar-refractivity contribution in [3.05, 3.63) is 40.4 Å². The molecule has 1 atom stereocenters. The van der Waals surface area contributed by atoms with Crippen LogP contribution >= 0.6 is 11.3 Å². The molecule has 1 heterocycles. The minimum atomic E-state index is -0.212. The summed E-state index contributed by atoms with van der Waals surface area (Å²) in [6.07, 6.45) is 3.37. The summed E-state index contributed by atoms with van der Waals surface area (Å²) >= 11 is 1.37. The van der Waals surface area contributed by atoms with Crippen LogP contribution in [0.4, 0.5) is 5.13 Å². The number of aryl methyl sites for hydroxylation is 1. The van der Waals surface area contributed by atoms with Gasteiger partial charge in [-0.2, -0.15) is 0 Å². The Balaban J connectivity index is 1.47. The zero-order chi connectivity index (χ0) is 18.5. The highest BCUT2D eigenvalue weighted by molar-refractivity contribution is 7.15. The van der Waals surface area contributed by atoms with Gasteiger partial charge in [-0.25, -0.2) is 0 Å². The molecule has 1 aromatic heterocycles. The number of anilines is 1. The summed E-state index contributed by atoms with van der Waals surface area (Å²) in [6.45, 7) is 4.06. The number of carbonyl (C=O) groups is 2. The molecule has 0 saturated carbocycles. The number of benzene rings is 1. The van der Waals surface area contributed by atoms with E-state index in [1.807, 2.05) is 26.0 Å². The fraction of sp³-hybridized carbons (Fsp3) is 0.474. The van der Waals surface area contributed by atoms with Crippen LogP contribution in [0, 0.1) is 0 Å². The molecule has 0 fully saturated rings. The van der Waals surface area contributed by atoms with E-state index in [4.69, 9.17) is 0 Å². The van der Waals surface area contributed by atoms with Crippen LogP contribution in [-0.4, -0.2) is 22.0 Å². The lowest BCUT2D eigenvalue weighted by Gasteiger charge is -2.26. The molecule has 1 aliphatic carbocycles. The van der Waals surface area contributed by atoms with Crippen molar-refractivity contribution in [1.82, 2.24) is 15.5 Å². The van der Waals surface area contributed by atoms with Crippen molar-refractivity contribution < 1.29 is 9.59 Å². The molecule has 26 heavy (non-hydrogen) atoms. The number of nitrogens with one attached hydrogen (secondary N) is 2. The third-order valence-corrected chi connectivity index (χ3v) is 5.60. The van der Waals surface area contributed by atoms with E-state index < -0.39 is 0 Å². The lowest BCUT2D eigenvalue weighted by molar-refractivity contribution is -0.125. The molecule has 7 heteroatoms. The third-order valence-electron chi connectivity index (χ3n) is 4.46. The molecule has 0 bridgehead atoms. The Hall–Kier alpha value is -2.28. The lowest BCUT2D eigenvalue weighted by atomic mass is 9.87. The van der Waals surface area contributed by atoms with Gasteiger partial charge in [-0.15, -0.1) is 10.2 Å². The van der Waals surface area contributed by atoms with Crippen molar-refractivity contribution >= 4 is 28.3 Å². The minimum Gasteiger partial charge on any atom is -0.349 e. The van der Waals surface area contributed by atoms with Gasteiger partial charge < -0.3 is 10.6 Å². The quantitative estimate of drug-likeness (QED) is 0.812. The number of hydrogen-bond acceptors (Lipinski definition) is 5.